The van der Waals surface area contributed by atoms with Crippen LogP contribution in [0.1, 0.15) is 27.9 Å². The second-order valence-corrected chi connectivity index (χ2v) is 11.6. The average molecular weight is 639 g/mol. The molecule has 0 bridgehead atoms. The molecular weight excluding hydrogens is 599 g/mol. The number of carbonyl (C=O) groups is 2. The number of hydrogen-bond donors (Lipinski definition) is 7. The monoisotopic (exact) mass is 638 g/mol. The maximum atomic E-state index is 13.4. The summed E-state index contributed by atoms with van der Waals surface area (Å²) in [4.78, 5) is 34.4. The number of halogens is 1. The van der Waals surface area contributed by atoms with E-state index in [9.17, 15) is 14.0 Å². The number of urea groups is 1. The molecule has 0 aromatic heterocycles. The normalized spacial score (nSPS) is 17.2. The summed E-state index contributed by atoms with van der Waals surface area (Å²) in [6.45, 7) is 5.35. The molecule has 3 aromatic carbocycles. The molecule has 3 aliphatic rings. The van der Waals surface area contributed by atoms with Crippen LogP contribution in [0.3, 0.4) is 0 Å². The number of nitrogens with one attached hydrogen (secondary N) is 5. The topological polar surface area (TPSA) is 165 Å². The van der Waals surface area contributed by atoms with E-state index in [4.69, 9.17) is 11.5 Å². The zero-order chi connectivity index (χ0) is 32.8. The van der Waals surface area contributed by atoms with Crippen molar-refractivity contribution in [2.45, 2.75) is 19.1 Å². The molecule has 13 heteroatoms. The SMILES string of the molecule is NC(N)=NCCCNCc1ccc(N2C=C3C=C(c4cc(C(=O)Nc5ccc(F)cc5)cc(N5CCNCC5)c4)NC3NC2=O)cc1. The van der Waals surface area contributed by atoms with E-state index in [0.29, 0.717) is 24.3 Å². The number of hydrogen-bond acceptors (Lipinski definition) is 7. The van der Waals surface area contributed by atoms with Crippen molar-refractivity contribution in [2.24, 2.45) is 16.5 Å². The third-order valence-electron chi connectivity index (χ3n) is 8.13. The molecule has 3 heterocycles. The Morgan fingerprint density at radius 2 is 1.74 bits per heavy atom. The van der Waals surface area contributed by atoms with Gasteiger partial charge >= 0.3 is 6.03 Å². The Kier molecular flexibility index (Phi) is 9.64. The summed E-state index contributed by atoms with van der Waals surface area (Å²) in [6, 6.07) is 19.0. The number of piperazine rings is 1. The number of aliphatic imine (C=N–C) groups is 1. The first kappa shape index (κ1) is 31.6. The quantitative estimate of drug-likeness (QED) is 0.0957. The lowest BCUT2D eigenvalue weighted by Crippen LogP contribution is -2.51. The maximum Gasteiger partial charge on any atom is 0.327 e. The molecule has 0 radical (unpaired) electrons. The van der Waals surface area contributed by atoms with Crippen molar-refractivity contribution in [3.8, 4) is 0 Å². The van der Waals surface area contributed by atoms with E-state index in [-0.39, 0.29) is 23.7 Å². The Labute approximate surface area is 272 Å². The summed E-state index contributed by atoms with van der Waals surface area (Å²) >= 11 is 0. The Balaban J connectivity index is 1.19. The zero-order valence-electron chi connectivity index (χ0n) is 25.9. The van der Waals surface area contributed by atoms with E-state index in [1.807, 2.05) is 48.7 Å². The fourth-order valence-electron chi connectivity index (χ4n) is 5.68. The van der Waals surface area contributed by atoms with Crippen molar-refractivity contribution >= 4 is 40.7 Å². The molecule has 1 saturated heterocycles. The minimum absolute atomic E-state index is 0.0990. The summed E-state index contributed by atoms with van der Waals surface area (Å²) in [5.74, 6) is -0.569. The number of anilines is 3. The first-order valence-corrected chi connectivity index (χ1v) is 15.7. The lowest BCUT2D eigenvalue weighted by Gasteiger charge is -2.30. The van der Waals surface area contributed by atoms with Gasteiger partial charge in [-0.3, -0.25) is 14.7 Å². The first-order valence-electron chi connectivity index (χ1n) is 15.7. The highest BCUT2D eigenvalue weighted by atomic mass is 19.1. The average Bonchev–Trinajstić information content (AvgIpc) is 3.50. The van der Waals surface area contributed by atoms with E-state index in [2.05, 4.69) is 42.5 Å². The van der Waals surface area contributed by atoms with Crippen LogP contribution in [0.5, 0.6) is 0 Å². The largest absolute Gasteiger partial charge is 0.370 e. The zero-order valence-corrected chi connectivity index (χ0v) is 25.9. The summed E-state index contributed by atoms with van der Waals surface area (Å²) in [5, 5.41) is 16.1. The van der Waals surface area contributed by atoms with Gasteiger partial charge in [0, 0.05) is 79.2 Å². The highest BCUT2D eigenvalue weighted by molar-refractivity contribution is 6.05. The van der Waals surface area contributed by atoms with Crippen LogP contribution in [0.2, 0.25) is 0 Å². The number of benzene rings is 3. The van der Waals surface area contributed by atoms with Crippen LogP contribution in [0.15, 0.2) is 89.6 Å². The molecule has 3 aliphatic heterocycles. The van der Waals surface area contributed by atoms with Gasteiger partial charge in [0.1, 0.15) is 12.0 Å². The molecule has 244 valence electrons. The molecule has 3 aromatic rings. The fourth-order valence-corrected chi connectivity index (χ4v) is 5.68. The van der Waals surface area contributed by atoms with Gasteiger partial charge in [0.15, 0.2) is 5.96 Å². The van der Waals surface area contributed by atoms with Crippen molar-refractivity contribution in [3.05, 3.63) is 107 Å². The van der Waals surface area contributed by atoms with Crippen LogP contribution in [-0.4, -0.2) is 63.3 Å². The van der Waals surface area contributed by atoms with Gasteiger partial charge in [-0.1, -0.05) is 12.1 Å². The Hall–Kier alpha value is -5.40. The molecule has 0 saturated carbocycles. The van der Waals surface area contributed by atoms with Gasteiger partial charge in [0.25, 0.3) is 5.91 Å². The summed E-state index contributed by atoms with van der Waals surface area (Å²) in [7, 11) is 0. The van der Waals surface area contributed by atoms with Crippen LogP contribution in [0.4, 0.5) is 26.2 Å². The van der Waals surface area contributed by atoms with E-state index in [1.54, 1.807) is 4.90 Å². The van der Waals surface area contributed by atoms with Gasteiger partial charge in [-0.15, -0.1) is 0 Å². The molecule has 1 unspecified atom stereocenters. The van der Waals surface area contributed by atoms with E-state index in [1.165, 1.54) is 24.3 Å². The third kappa shape index (κ3) is 7.88. The molecular formula is C34H39FN10O2. The molecule has 1 atom stereocenters. The molecule has 3 amide bonds. The van der Waals surface area contributed by atoms with E-state index in [0.717, 1.165) is 72.9 Å². The number of nitrogens with zero attached hydrogens (tertiary/aromatic N) is 3. The third-order valence-corrected chi connectivity index (χ3v) is 8.13. The number of amides is 3. The highest BCUT2D eigenvalue weighted by Crippen LogP contribution is 2.31. The van der Waals surface area contributed by atoms with Gasteiger partial charge < -0.3 is 43.0 Å². The van der Waals surface area contributed by atoms with Crippen molar-refractivity contribution < 1.29 is 14.0 Å². The minimum atomic E-state index is -0.407. The van der Waals surface area contributed by atoms with Crippen LogP contribution in [0.25, 0.3) is 5.70 Å². The molecule has 9 N–H and O–H groups in total. The maximum absolute atomic E-state index is 13.4. The van der Waals surface area contributed by atoms with Crippen molar-refractivity contribution in [3.63, 3.8) is 0 Å². The Morgan fingerprint density at radius 1 is 0.979 bits per heavy atom. The number of carbonyl (C=O) groups excluding carboxylic acids is 2. The van der Waals surface area contributed by atoms with Crippen LogP contribution in [-0.2, 0) is 6.54 Å². The Bertz CT molecular complexity index is 1690. The van der Waals surface area contributed by atoms with Crippen molar-refractivity contribution in [2.75, 3.05) is 54.4 Å². The second-order valence-electron chi connectivity index (χ2n) is 11.6. The molecule has 6 rings (SSSR count). The van der Waals surface area contributed by atoms with Crippen LogP contribution < -0.4 is 47.9 Å². The van der Waals surface area contributed by atoms with Crippen LogP contribution >= 0.6 is 0 Å². The lowest BCUT2D eigenvalue weighted by atomic mass is 10.0. The summed E-state index contributed by atoms with van der Waals surface area (Å²) < 4.78 is 13.4. The van der Waals surface area contributed by atoms with Gasteiger partial charge in [-0.25, -0.2) is 9.18 Å². The molecule has 47 heavy (non-hydrogen) atoms. The smallest absolute Gasteiger partial charge is 0.327 e. The van der Waals surface area contributed by atoms with Crippen molar-refractivity contribution in [1.82, 2.24) is 21.3 Å². The van der Waals surface area contributed by atoms with Gasteiger partial charge in [0.2, 0.25) is 0 Å². The minimum Gasteiger partial charge on any atom is -0.370 e. The number of nitrogens with two attached hydrogens (primary N) is 2. The molecule has 12 nitrogen and oxygen atoms in total. The fraction of sp³-hybridized carbons (Fsp3) is 0.265. The number of rotatable bonds is 11. The summed E-state index contributed by atoms with van der Waals surface area (Å²) in [5.41, 5.74) is 16.9. The standard InChI is InChI=1S/C34H39FN10O2/c35-26-4-6-27(7-5-26)41-32(46)24-16-23(17-29(18-24)44-14-12-38-13-15-44)30-19-25-21-45(34(47)43-31(25)42-30)28-8-2-22(3-9-28)20-39-10-1-11-40-33(36)37/h2-9,16-19,21,31,38-39,42H,1,10-15,20H2,(H,41,46)(H,43,47)(H4,36,37,40). The highest BCUT2D eigenvalue weighted by Gasteiger charge is 2.31. The van der Waals surface area contributed by atoms with E-state index < -0.39 is 6.17 Å². The van der Waals surface area contributed by atoms with Gasteiger partial charge in [-0.05, 0) is 79.2 Å². The first-order chi connectivity index (χ1) is 22.8. The van der Waals surface area contributed by atoms with Crippen LogP contribution in [0, 0.1) is 5.82 Å². The molecule has 0 aliphatic carbocycles. The predicted octanol–water partition coefficient (Wildman–Crippen LogP) is 2.62. The van der Waals surface area contributed by atoms with Gasteiger partial charge in [0.05, 0.1) is 5.69 Å². The predicted molar refractivity (Wildman–Crippen MR) is 183 cm³/mol. The Morgan fingerprint density at radius 3 is 2.49 bits per heavy atom. The number of guanidine groups is 1. The number of fused-ring (bicyclic) bond motifs is 1. The second kappa shape index (κ2) is 14.4. The lowest BCUT2D eigenvalue weighted by molar-refractivity contribution is 0.102. The molecule has 0 spiro atoms. The van der Waals surface area contributed by atoms with Gasteiger partial charge in [-0.2, -0.15) is 0 Å². The summed E-state index contributed by atoms with van der Waals surface area (Å²) in [6.07, 6.45) is 4.25. The van der Waals surface area contributed by atoms with Crippen molar-refractivity contribution in [1.29, 1.82) is 0 Å². The van der Waals surface area contributed by atoms with E-state index >= 15 is 0 Å². The molecule has 1 fully saturated rings.